The van der Waals surface area contributed by atoms with Crippen molar-refractivity contribution in [2.75, 3.05) is 5.32 Å². The largest absolute Gasteiger partial charge is 0.346 e. The standard InChI is InChI=1S/C11H10N2O/c1-8(6-14)11-9-4-2-3-5-10(9)12-7-13-11/h2-7,11H,1H2,(H,12,13). The van der Waals surface area contributed by atoms with E-state index in [0.29, 0.717) is 5.57 Å². The number of aliphatic imine (C=N–C) groups is 1. The molecule has 70 valence electrons. The van der Waals surface area contributed by atoms with Crippen molar-refractivity contribution in [3.05, 3.63) is 42.0 Å². The first kappa shape index (κ1) is 8.69. The lowest BCUT2D eigenvalue weighted by atomic mass is 9.98. The van der Waals surface area contributed by atoms with Gasteiger partial charge < -0.3 is 5.32 Å². The summed E-state index contributed by atoms with van der Waals surface area (Å²) in [6.07, 6.45) is 2.35. The molecule has 1 aliphatic rings. The molecule has 1 unspecified atom stereocenters. The molecule has 2 rings (SSSR count). The van der Waals surface area contributed by atoms with Crippen LogP contribution in [0.5, 0.6) is 0 Å². The van der Waals surface area contributed by atoms with Crippen LogP contribution in [0.2, 0.25) is 0 Å². The van der Waals surface area contributed by atoms with Crippen LogP contribution in [0.3, 0.4) is 0 Å². The number of nitrogens with zero attached hydrogens (tertiary/aromatic N) is 1. The normalized spacial score (nSPS) is 18.1. The Balaban J connectivity index is 2.45. The van der Waals surface area contributed by atoms with Crippen LogP contribution in [-0.4, -0.2) is 12.6 Å². The summed E-state index contributed by atoms with van der Waals surface area (Å²) in [7, 11) is 0. The van der Waals surface area contributed by atoms with Crippen molar-refractivity contribution in [2.24, 2.45) is 4.99 Å². The fourth-order valence-electron chi connectivity index (χ4n) is 1.49. The fraction of sp³-hybridized carbons (Fsp3) is 0.0909. The van der Waals surface area contributed by atoms with Gasteiger partial charge in [0.2, 0.25) is 0 Å². The first-order valence-electron chi connectivity index (χ1n) is 4.34. The molecule has 1 aromatic rings. The van der Waals surface area contributed by atoms with Crippen molar-refractivity contribution in [3.8, 4) is 0 Å². The fourth-order valence-corrected chi connectivity index (χ4v) is 1.49. The highest BCUT2D eigenvalue weighted by Gasteiger charge is 2.18. The van der Waals surface area contributed by atoms with Gasteiger partial charge in [-0.2, -0.15) is 0 Å². The Kier molecular flexibility index (Phi) is 2.14. The molecule has 0 bridgehead atoms. The second-order valence-corrected chi connectivity index (χ2v) is 3.11. The average molecular weight is 186 g/mol. The van der Waals surface area contributed by atoms with E-state index in [1.54, 1.807) is 6.34 Å². The number of aldehydes is 1. The van der Waals surface area contributed by atoms with Gasteiger partial charge in [-0.15, -0.1) is 0 Å². The Morgan fingerprint density at radius 3 is 3.07 bits per heavy atom. The van der Waals surface area contributed by atoms with Crippen molar-refractivity contribution in [3.63, 3.8) is 0 Å². The highest BCUT2D eigenvalue weighted by atomic mass is 16.1. The van der Waals surface area contributed by atoms with Gasteiger partial charge in [-0.3, -0.25) is 9.79 Å². The maximum absolute atomic E-state index is 10.6. The number of hydrogen-bond acceptors (Lipinski definition) is 3. The molecule has 0 saturated carbocycles. The first-order valence-corrected chi connectivity index (χ1v) is 4.34. The van der Waals surface area contributed by atoms with Crippen LogP contribution < -0.4 is 5.32 Å². The van der Waals surface area contributed by atoms with E-state index in [1.165, 1.54) is 0 Å². The predicted molar refractivity (Wildman–Crippen MR) is 56.5 cm³/mol. The molecule has 0 radical (unpaired) electrons. The Morgan fingerprint density at radius 1 is 1.50 bits per heavy atom. The molecule has 0 amide bonds. The zero-order valence-corrected chi connectivity index (χ0v) is 7.60. The molecule has 3 nitrogen and oxygen atoms in total. The number of rotatable bonds is 2. The number of carbonyl (C=O) groups excluding carboxylic acids is 1. The van der Waals surface area contributed by atoms with Crippen molar-refractivity contribution < 1.29 is 4.79 Å². The third-order valence-corrected chi connectivity index (χ3v) is 2.20. The second kappa shape index (κ2) is 3.46. The number of benzene rings is 1. The molecule has 1 aromatic carbocycles. The third kappa shape index (κ3) is 1.33. The van der Waals surface area contributed by atoms with Crippen molar-refractivity contribution in [1.29, 1.82) is 0 Å². The SMILES string of the molecule is C=C(C=O)C1N=CNc2ccccc21. The first-order chi connectivity index (χ1) is 6.83. The van der Waals surface area contributed by atoms with Gasteiger partial charge in [0.1, 0.15) is 12.3 Å². The second-order valence-electron chi connectivity index (χ2n) is 3.11. The van der Waals surface area contributed by atoms with Crippen LogP contribution >= 0.6 is 0 Å². The lowest BCUT2D eigenvalue weighted by molar-refractivity contribution is -0.105. The molecule has 3 heteroatoms. The minimum atomic E-state index is -0.232. The summed E-state index contributed by atoms with van der Waals surface area (Å²) >= 11 is 0. The lowest BCUT2D eigenvalue weighted by Gasteiger charge is -2.20. The van der Waals surface area contributed by atoms with Gasteiger partial charge >= 0.3 is 0 Å². The van der Waals surface area contributed by atoms with E-state index in [1.807, 2.05) is 24.3 Å². The molecule has 1 atom stereocenters. The molecular weight excluding hydrogens is 176 g/mol. The van der Waals surface area contributed by atoms with Crippen LogP contribution in [-0.2, 0) is 4.79 Å². The summed E-state index contributed by atoms with van der Waals surface area (Å²) in [5, 5.41) is 3.02. The van der Waals surface area contributed by atoms with Crippen molar-refractivity contribution in [1.82, 2.24) is 0 Å². The summed E-state index contributed by atoms with van der Waals surface area (Å²) < 4.78 is 0. The average Bonchev–Trinajstić information content (AvgIpc) is 2.27. The van der Waals surface area contributed by atoms with Crippen LogP contribution in [0.4, 0.5) is 5.69 Å². The molecule has 0 saturated heterocycles. The lowest BCUT2D eigenvalue weighted by Crippen LogP contribution is -2.11. The Labute approximate surface area is 82.2 Å². The van der Waals surface area contributed by atoms with Crippen molar-refractivity contribution in [2.45, 2.75) is 6.04 Å². The maximum atomic E-state index is 10.6. The minimum absolute atomic E-state index is 0.232. The Morgan fingerprint density at radius 2 is 2.29 bits per heavy atom. The van der Waals surface area contributed by atoms with Gasteiger partial charge in [-0.1, -0.05) is 24.8 Å². The number of para-hydroxylation sites is 1. The number of hydrogen-bond donors (Lipinski definition) is 1. The van der Waals surface area contributed by atoms with E-state index in [0.717, 1.165) is 17.5 Å². The number of anilines is 1. The van der Waals surface area contributed by atoms with Gasteiger partial charge in [-0.25, -0.2) is 0 Å². The van der Waals surface area contributed by atoms with Gasteiger partial charge in [0.05, 0.1) is 6.34 Å². The van der Waals surface area contributed by atoms with Crippen LogP contribution in [0.1, 0.15) is 11.6 Å². The van der Waals surface area contributed by atoms with Gasteiger partial charge in [-0.05, 0) is 6.07 Å². The van der Waals surface area contributed by atoms with E-state index < -0.39 is 0 Å². The molecule has 0 aliphatic carbocycles. The summed E-state index contributed by atoms with van der Waals surface area (Å²) in [5.41, 5.74) is 2.46. The van der Waals surface area contributed by atoms with E-state index >= 15 is 0 Å². The number of carbonyl (C=O) groups is 1. The number of fused-ring (bicyclic) bond motifs is 1. The van der Waals surface area contributed by atoms with Crippen LogP contribution in [0.25, 0.3) is 0 Å². The van der Waals surface area contributed by atoms with E-state index in [9.17, 15) is 4.79 Å². The molecule has 0 aromatic heterocycles. The van der Waals surface area contributed by atoms with E-state index in [2.05, 4.69) is 16.9 Å². The number of nitrogens with one attached hydrogen (secondary N) is 1. The van der Waals surface area contributed by atoms with Gasteiger partial charge in [0, 0.05) is 16.8 Å². The smallest absolute Gasteiger partial charge is 0.147 e. The third-order valence-electron chi connectivity index (χ3n) is 2.20. The summed E-state index contributed by atoms with van der Waals surface area (Å²) in [6, 6.07) is 7.52. The zero-order chi connectivity index (χ0) is 9.97. The predicted octanol–water partition coefficient (Wildman–Crippen LogP) is 1.94. The van der Waals surface area contributed by atoms with Gasteiger partial charge in [0.15, 0.2) is 0 Å². The molecule has 14 heavy (non-hydrogen) atoms. The Bertz CT molecular complexity index is 410. The molecule has 0 fully saturated rings. The molecule has 0 spiro atoms. The Hall–Kier alpha value is -1.90. The molecule has 1 N–H and O–H groups in total. The quantitative estimate of drug-likeness (QED) is 0.566. The molecule has 1 aliphatic heterocycles. The summed E-state index contributed by atoms with van der Waals surface area (Å²) in [6.45, 7) is 3.69. The van der Waals surface area contributed by atoms with E-state index in [-0.39, 0.29) is 6.04 Å². The van der Waals surface area contributed by atoms with Gasteiger partial charge in [0.25, 0.3) is 0 Å². The summed E-state index contributed by atoms with van der Waals surface area (Å²) in [5.74, 6) is 0. The summed E-state index contributed by atoms with van der Waals surface area (Å²) in [4.78, 5) is 14.8. The van der Waals surface area contributed by atoms with Crippen LogP contribution in [0.15, 0.2) is 41.4 Å². The highest BCUT2D eigenvalue weighted by Crippen LogP contribution is 2.31. The topological polar surface area (TPSA) is 41.5 Å². The van der Waals surface area contributed by atoms with E-state index in [4.69, 9.17) is 0 Å². The van der Waals surface area contributed by atoms with Crippen molar-refractivity contribution >= 4 is 18.3 Å². The molecular formula is C11H10N2O. The monoisotopic (exact) mass is 186 g/mol. The zero-order valence-electron chi connectivity index (χ0n) is 7.60. The molecule has 1 heterocycles. The highest BCUT2D eigenvalue weighted by molar-refractivity contribution is 5.84. The van der Waals surface area contributed by atoms with Crippen LogP contribution in [0, 0.1) is 0 Å². The minimum Gasteiger partial charge on any atom is -0.346 e. The maximum Gasteiger partial charge on any atom is 0.147 e.